The van der Waals surface area contributed by atoms with Crippen molar-refractivity contribution in [2.75, 3.05) is 24.6 Å². The van der Waals surface area contributed by atoms with E-state index in [-0.39, 0.29) is 28.8 Å². The molecule has 3 aromatic rings. The molecule has 0 aromatic carbocycles. The van der Waals surface area contributed by atoms with Crippen LogP contribution in [0.4, 0.5) is 5.82 Å². The van der Waals surface area contributed by atoms with Crippen LogP contribution in [-0.4, -0.2) is 57.2 Å². The molecule has 0 aliphatic carbocycles. The number of aromatic nitrogens is 3. The molecule has 1 N–H and O–H groups in total. The minimum atomic E-state index is -1.29. The van der Waals surface area contributed by atoms with E-state index >= 15 is 0 Å². The largest absolute Gasteiger partial charge is 0.477 e. The summed E-state index contributed by atoms with van der Waals surface area (Å²) < 4.78 is 7.41. The average molecular weight is 497 g/mol. The van der Waals surface area contributed by atoms with Gasteiger partial charge >= 0.3 is 5.97 Å². The molecule has 5 rings (SSSR count). The number of carboxylic acid groups (broad SMARTS) is 1. The van der Waals surface area contributed by atoms with Crippen LogP contribution in [0.25, 0.3) is 16.2 Å². The zero-order chi connectivity index (χ0) is 24.7. The van der Waals surface area contributed by atoms with E-state index in [4.69, 9.17) is 9.72 Å². The van der Waals surface area contributed by atoms with Gasteiger partial charge in [-0.05, 0) is 43.7 Å². The van der Waals surface area contributed by atoms with Gasteiger partial charge in [0.25, 0.3) is 0 Å². The normalized spacial score (nSPS) is 20.7. The third-order valence-electron chi connectivity index (χ3n) is 6.97. The Bertz CT molecular complexity index is 1320. The summed E-state index contributed by atoms with van der Waals surface area (Å²) >= 11 is 1.33. The molecule has 2 aliphatic heterocycles. The first-order valence-corrected chi connectivity index (χ1v) is 12.8. The smallest absolute Gasteiger partial charge is 0.341 e. The number of pyridine rings is 2. The van der Waals surface area contributed by atoms with Crippen molar-refractivity contribution in [3.05, 3.63) is 45.2 Å². The number of thiazole rings is 1. The zero-order valence-electron chi connectivity index (χ0n) is 19.8. The number of carboxylic acids is 1. The number of ketones is 1. The van der Waals surface area contributed by atoms with Crippen LogP contribution in [0.5, 0.6) is 0 Å². The summed E-state index contributed by atoms with van der Waals surface area (Å²) in [7, 11) is 0. The van der Waals surface area contributed by atoms with E-state index in [0.29, 0.717) is 47.6 Å². The number of carbonyl (C=O) groups is 2. The topological polar surface area (TPSA) is 115 Å². The standard InChI is InChI=1S/C25H28N4O5S/c1-14-3-4-17(34-13-14)5-6-19(30)16-10-28(11-16)20-9-15(2)21-22(31)18(24(32)33)12-29(23(21)27-20)25-26-7-8-35-25/h7-9,12,14,16-17H,3-6,10-11,13H2,1-2H3,(H,32,33). The van der Waals surface area contributed by atoms with Gasteiger partial charge in [-0.1, -0.05) is 6.92 Å². The Labute approximate surface area is 206 Å². The highest BCUT2D eigenvalue weighted by Gasteiger charge is 2.34. The van der Waals surface area contributed by atoms with Crippen molar-refractivity contribution in [2.45, 2.75) is 45.6 Å². The molecule has 0 spiro atoms. The monoisotopic (exact) mass is 496 g/mol. The van der Waals surface area contributed by atoms with Crippen LogP contribution < -0.4 is 10.3 Å². The van der Waals surface area contributed by atoms with Gasteiger partial charge in [0.1, 0.15) is 17.2 Å². The fourth-order valence-corrected chi connectivity index (χ4v) is 5.43. The minimum Gasteiger partial charge on any atom is -0.477 e. The van der Waals surface area contributed by atoms with E-state index in [1.807, 2.05) is 4.90 Å². The van der Waals surface area contributed by atoms with Crippen molar-refractivity contribution in [3.63, 3.8) is 0 Å². The lowest BCUT2D eigenvalue weighted by molar-refractivity contribution is -0.124. The fraction of sp³-hybridized carbons (Fsp3) is 0.480. The number of ether oxygens (including phenoxy) is 1. The molecule has 9 nitrogen and oxygen atoms in total. The van der Waals surface area contributed by atoms with Crippen molar-refractivity contribution in [1.82, 2.24) is 14.5 Å². The zero-order valence-corrected chi connectivity index (χ0v) is 20.6. The highest BCUT2D eigenvalue weighted by atomic mass is 32.1. The van der Waals surface area contributed by atoms with E-state index in [1.165, 1.54) is 17.5 Å². The molecular formula is C25H28N4O5S. The number of nitrogens with zero attached hydrogens (tertiary/aromatic N) is 4. The lowest BCUT2D eigenvalue weighted by Crippen LogP contribution is -2.51. The summed E-state index contributed by atoms with van der Waals surface area (Å²) in [5.41, 5.74) is 0.120. The predicted octanol–water partition coefficient (Wildman–Crippen LogP) is 3.45. The van der Waals surface area contributed by atoms with Gasteiger partial charge in [0, 0.05) is 43.9 Å². The van der Waals surface area contributed by atoms with Crippen molar-refractivity contribution in [2.24, 2.45) is 11.8 Å². The first kappa shape index (κ1) is 23.6. The first-order valence-electron chi connectivity index (χ1n) is 11.9. The van der Waals surface area contributed by atoms with Gasteiger partial charge in [-0.2, -0.15) is 0 Å². The highest BCUT2D eigenvalue weighted by molar-refractivity contribution is 7.12. The lowest BCUT2D eigenvalue weighted by atomic mass is 9.90. The Morgan fingerprint density at radius 3 is 2.74 bits per heavy atom. The maximum atomic E-state index is 12.9. The highest BCUT2D eigenvalue weighted by Crippen LogP contribution is 2.30. The fourth-order valence-electron chi connectivity index (χ4n) is 4.81. The molecule has 3 aromatic heterocycles. The number of fused-ring (bicyclic) bond motifs is 1. The molecule has 2 aliphatic rings. The first-order chi connectivity index (χ1) is 16.8. The van der Waals surface area contributed by atoms with E-state index in [0.717, 1.165) is 25.9 Å². The van der Waals surface area contributed by atoms with E-state index in [2.05, 4.69) is 11.9 Å². The van der Waals surface area contributed by atoms with Crippen LogP contribution in [0.2, 0.25) is 0 Å². The molecule has 0 saturated carbocycles. The van der Waals surface area contributed by atoms with Gasteiger partial charge in [-0.15, -0.1) is 11.3 Å². The van der Waals surface area contributed by atoms with Crippen molar-refractivity contribution in [3.8, 4) is 5.13 Å². The number of Topliss-reactive ketones (excluding diaryl/α,β-unsaturated/α-hetero) is 1. The van der Waals surface area contributed by atoms with Gasteiger partial charge in [0.05, 0.1) is 17.4 Å². The lowest BCUT2D eigenvalue weighted by Gasteiger charge is -2.39. The second-order valence-corrected chi connectivity index (χ2v) is 10.5. The van der Waals surface area contributed by atoms with Crippen molar-refractivity contribution >= 4 is 39.9 Å². The van der Waals surface area contributed by atoms with E-state index < -0.39 is 11.4 Å². The maximum absolute atomic E-state index is 12.9. The SMILES string of the molecule is Cc1cc(N2CC(C(=O)CCC3CCC(C)CO3)C2)nc2c1c(=O)c(C(=O)O)cn2-c1nccs1. The quantitative estimate of drug-likeness (QED) is 0.529. The van der Waals surface area contributed by atoms with E-state index in [1.54, 1.807) is 29.1 Å². The number of aromatic carboxylic acids is 1. The van der Waals surface area contributed by atoms with Crippen LogP contribution >= 0.6 is 11.3 Å². The molecule has 2 atom stereocenters. The number of hydrogen-bond acceptors (Lipinski definition) is 8. The Morgan fingerprint density at radius 1 is 1.29 bits per heavy atom. The van der Waals surface area contributed by atoms with Crippen LogP contribution in [-0.2, 0) is 9.53 Å². The molecule has 10 heteroatoms. The Balaban J connectivity index is 1.35. The Hall–Kier alpha value is -3.11. The number of hydrogen-bond donors (Lipinski definition) is 1. The predicted molar refractivity (Wildman–Crippen MR) is 133 cm³/mol. The Kier molecular flexibility index (Phi) is 6.41. The van der Waals surface area contributed by atoms with Gasteiger partial charge in [-0.3, -0.25) is 14.2 Å². The number of rotatable bonds is 7. The molecular weight excluding hydrogens is 468 g/mol. The molecule has 0 amide bonds. The molecule has 35 heavy (non-hydrogen) atoms. The molecule has 0 bridgehead atoms. The van der Waals surface area contributed by atoms with E-state index in [9.17, 15) is 19.5 Å². The minimum absolute atomic E-state index is 0.0362. The van der Waals surface area contributed by atoms with Crippen molar-refractivity contribution in [1.29, 1.82) is 0 Å². The van der Waals surface area contributed by atoms with Crippen LogP contribution in [0.1, 0.15) is 48.5 Å². The summed E-state index contributed by atoms with van der Waals surface area (Å²) in [5, 5.41) is 12.1. The molecule has 184 valence electrons. The van der Waals surface area contributed by atoms with Gasteiger partial charge in [0.15, 0.2) is 10.8 Å². The maximum Gasteiger partial charge on any atom is 0.341 e. The molecule has 2 unspecified atom stereocenters. The summed E-state index contributed by atoms with van der Waals surface area (Å²) in [4.78, 5) is 48.4. The third kappa shape index (κ3) is 4.60. The summed E-state index contributed by atoms with van der Waals surface area (Å²) in [6.07, 6.45) is 6.59. The van der Waals surface area contributed by atoms with Crippen molar-refractivity contribution < 1.29 is 19.4 Å². The van der Waals surface area contributed by atoms with Gasteiger partial charge in [-0.25, -0.2) is 14.8 Å². The molecule has 2 fully saturated rings. The number of anilines is 1. The third-order valence-corrected chi connectivity index (χ3v) is 7.74. The van der Waals surface area contributed by atoms with Crippen LogP contribution in [0, 0.1) is 18.8 Å². The number of aryl methyl sites for hydroxylation is 1. The second-order valence-electron chi connectivity index (χ2n) is 9.60. The summed E-state index contributed by atoms with van der Waals surface area (Å²) in [6.45, 7) is 5.90. The molecule has 2 saturated heterocycles. The summed E-state index contributed by atoms with van der Waals surface area (Å²) in [5.74, 6) is 0.194. The molecule has 0 radical (unpaired) electrons. The van der Waals surface area contributed by atoms with Crippen LogP contribution in [0.15, 0.2) is 28.6 Å². The summed E-state index contributed by atoms with van der Waals surface area (Å²) in [6, 6.07) is 1.79. The second kappa shape index (κ2) is 9.50. The average Bonchev–Trinajstić information content (AvgIpc) is 3.32. The Morgan fingerprint density at radius 2 is 2.09 bits per heavy atom. The van der Waals surface area contributed by atoms with Gasteiger partial charge < -0.3 is 14.7 Å². The number of carbonyl (C=O) groups excluding carboxylic acids is 1. The van der Waals surface area contributed by atoms with Gasteiger partial charge in [0.2, 0.25) is 5.43 Å². The van der Waals surface area contributed by atoms with Crippen LogP contribution in [0.3, 0.4) is 0 Å². The molecule has 5 heterocycles.